The van der Waals surface area contributed by atoms with Crippen molar-refractivity contribution in [3.05, 3.63) is 53.3 Å². The molecule has 0 amide bonds. The number of nitrogens with zero attached hydrogens (tertiary/aromatic N) is 4. The largest absolute Gasteiger partial charge is 0.495 e. The molecule has 7 heteroatoms. The maximum Gasteiger partial charge on any atom is 0.215 e. The minimum absolute atomic E-state index is 0.528. The summed E-state index contributed by atoms with van der Waals surface area (Å²) in [4.78, 5) is 4.70. The zero-order valence-corrected chi connectivity index (χ0v) is 13.9. The third kappa shape index (κ3) is 2.32. The summed E-state index contributed by atoms with van der Waals surface area (Å²) in [6.45, 7) is 1.89. The molecule has 0 aliphatic heterocycles. The van der Waals surface area contributed by atoms with Crippen molar-refractivity contribution in [2.75, 3.05) is 12.4 Å². The predicted octanol–water partition coefficient (Wildman–Crippen LogP) is 3.99. The van der Waals surface area contributed by atoms with Gasteiger partial charge >= 0.3 is 0 Å². The van der Waals surface area contributed by atoms with Gasteiger partial charge in [-0.25, -0.2) is 9.38 Å². The van der Waals surface area contributed by atoms with Crippen LogP contribution >= 0.6 is 11.6 Å². The lowest BCUT2D eigenvalue weighted by Crippen LogP contribution is -2.04. The fourth-order valence-electron chi connectivity index (χ4n) is 2.67. The second-order valence-electron chi connectivity index (χ2n) is 5.33. The molecule has 1 N–H and O–H groups in total. The van der Waals surface area contributed by atoms with Crippen LogP contribution < -0.4 is 10.1 Å². The van der Waals surface area contributed by atoms with Crippen LogP contribution in [-0.2, 0) is 0 Å². The number of aromatic nitrogens is 4. The van der Waals surface area contributed by atoms with Crippen molar-refractivity contribution < 1.29 is 4.74 Å². The molecule has 4 aromatic rings. The molecule has 24 heavy (non-hydrogen) atoms. The van der Waals surface area contributed by atoms with Gasteiger partial charge in [0.2, 0.25) is 5.95 Å². The van der Waals surface area contributed by atoms with Crippen molar-refractivity contribution in [2.45, 2.75) is 6.92 Å². The van der Waals surface area contributed by atoms with E-state index in [2.05, 4.69) is 15.5 Å². The van der Waals surface area contributed by atoms with Gasteiger partial charge in [0.1, 0.15) is 11.6 Å². The zero-order chi connectivity index (χ0) is 16.7. The Hall–Kier alpha value is -2.86. The molecule has 2 aromatic carbocycles. The average molecular weight is 340 g/mol. The summed E-state index contributed by atoms with van der Waals surface area (Å²) < 4.78 is 7.07. The van der Waals surface area contributed by atoms with Gasteiger partial charge in [0, 0.05) is 11.1 Å². The van der Waals surface area contributed by atoms with Crippen LogP contribution in [0.3, 0.4) is 0 Å². The first kappa shape index (κ1) is 14.7. The molecule has 0 spiro atoms. The standard InChI is InChI=1S/C17H14ClN5O/c1-10-21-22-16-12-5-3-4-6-14(12)20-17(23(10)16)19-11-7-8-15(24-2)13(18)9-11/h3-9H,1-2H3,(H,19,20). The van der Waals surface area contributed by atoms with Crippen LogP contribution in [0.15, 0.2) is 42.5 Å². The first-order chi connectivity index (χ1) is 11.7. The molecule has 0 radical (unpaired) electrons. The molecule has 120 valence electrons. The van der Waals surface area contributed by atoms with Gasteiger partial charge in [-0.1, -0.05) is 23.7 Å². The second kappa shape index (κ2) is 5.65. The van der Waals surface area contributed by atoms with E-state index >= 15 is 0 Å². The normalized spacial score (nSPS) is 11.1. The SMILES string of the molecule is COc1ccc(Nc2nc3ccccc3c3nnc(C)n23)cc1Cl. The first-order valence-corrected chi connectivity index (χ1v) is 7.76. The molecular formula is C17H14ClN5O. The van der Waals surface area contributed by atoms with Crippen LogP contribution in [0.5, 0.6) is 5.75 Å². The number of methoxy groups -OCH3 is 1. The van der Waals surface area contributed by atoms with Gasteiger partial charge in [0.05, 0.1) is 17.6 Å². The number of rotatable bonds is 3. The number of nitrogens with one attached hydrogen (secondary N) is 1. The summed E-state index contributed by atoms with van der Waals surface area (Å²) >= 11 is 6.20. The number of anilines is 2. The molecule has 0 bridgehead atoms. The van der Waals surface area contributed by atoms with E-state index in [9.17, 15) is 0 Å². The Morgan fingerprint density at radius 3 is 2.75 bits per heavy atom. The number of hydrogen-bond donors (Lipinski definition) is 1. The number of benzene rings is 2. The molecule has 2 heterocycles. The molecule has 0 saturated carbocycles. The highest BCUT2D eigenvalue weighted by Gasteiger charge is 2.13. The highest BCUT2D eigenvalue weighted by atomic mass is 35.5. The molecule has 0 aliphatic rings. The van der Waals surface area contributed by atoms with E-state index in [0.29, 0.717) is 16.7 Å². The van der Waals surface area contributed by atoms with Crippen LogP contribution in [-0.4, -0.2) is 26.7 Å². The summed E-state index contributed by atoms with van der Waals surface area (Å²) in [5.74, 6) is 2.01. The lowest BCUT2D eigenvalue weighted by atomic mass is 10.2. The quantitative estimate of drug-likeness (QED) is 0.611. The smallest absolute Gasteiger partial charge is 0.215 e. The Labute approximate surface area is 143 Å². The number of hydrogen-bond acceptors (Lipinski definition) is 5. The fourth-order valence-corrected chi connectivity index (χ4v) is 2.93. The lowest BCUT2D eigenvalue weighted by Gasteiger charge is -2.11. The van der Waals surface area contributed by atoms with Crippen LogP contribution in [0.4, 0.5) is 11.6 Å². The summed E-state index contributed by atoms with van der Waals surface area (Å²) in [7, 11) is 1.59. The monoisotopic (exact) mass is 339 g/mol. The number of para-hydroxylation sites is 1. The van der Waals surface area contributed by atoms with E-state index in [4.69, 9.17) is 21.3 Å². The van der Waals surface area contributed by atoms with Crippen molar-refractivity contribution in [3.63, 3.8) is 0 Å². The summed E-state index contributed by atoms with van der Waals surface area (Å²) in [5, 5.41) is 13.2. The molecule has 4 rings (SSSR count). The number of fused-ring (bicyclic) bond motifs is 3. The molecule has 0 unspecified atom stereocenters. The topological polar surface area (TPSA) is 64.3 Å². The van der Waals surface area contributed by atoms with Gasteiger partial charge in [0.25, 0.3) is 0 Å². The molecule has 0 atom stereocenters. The van der Waals surface area contributed by atoms with Crippen LogP contribution in [0.25, 0.3) is 16.6 Å². The summed E-state index contributed by atoms with van der Waals surface area (Å²) in [6.07, 6.45) is 0. The van der Waals surface area contributed by atoms with E-state index in [1.54, 1.807) is 13.2 Å². The Morgan fingerprint density at radius 2 is 1.96 bits per heavy atom. The third-order valence-electron chi connectivity index (χ3n) is 3.82. The van der Waals surface area contributed by atoms with E-state index in [1.807, 2.05) is 47.7 Å². The molecule has 0 saturated heterocycles. The van der Waals surface area contributed by atoms with Gasteiger partial charge in [-0.2, -0.15) is 0 Å². The van der Waals surface area contributed by atoms with Crippen molar-refractivity contribution in [2.24, 2.45) is 0 Å². The van der Waals surface area contributed by atoms with Gasteiger partial charge in [-0.3, -0.25) is 0 Å². The molecular weight excluding hydrogens is 326 g/mol. The maximum atomic E-state index is 6.20. The molecule has 2 aromatic heterocycles. The zero-order valence-electron chi connectivity index (χ0n) is 13.1. The van der Waals surface area contributed by atoms with Crippen molar-refractivity contribution in [1.82, 2.24) is 19.6 Å². The maximum absolute atomic E-state index is 6.20. The first-order valence-electron chi connectivity index (χ1n) is 7.38. The third-order valence-corrected chi connectivity index (χ3v) is 4.11. The van der Waals surface area contributed by atoms with Crippen molar-refractivity contribution in [3.8, 4) is 5.75 Å². The van der Waals surface area contributed by atoms with Crippen molar-refractivity contribution >= 4 is 39.8 Å². The van der Waals surface area contributed by atoms with E-state index in [0.717, 1.165) is 28.1 Å². The highest BCUT2D eigenvalue weighted by Crippen LogP contribution is 2.29. The molecule has 6 nitrogen and oxygen atoms in total. The second-order valence-corrected chi connectivity index (χ2v) is 5.74. The van der Waals surface area contributed by atoms with Crippen molar-refractivity contribution in [1.29, 1.82) is 0 Å². The van der Waals surface area contributed by atoms with E-state index in [1.165, 1.54) is 0 Å². The van der Waals surface area contributed by atoms with Gasteiger partial charge in [-0.05, 0) is 37.3 Å². The molecule has 0 aliphatic carbocycles. The number of aryl methyl sites for hydroxylation is 1. The van der Waals surface area contributed by atoms with Gasteiger partial charge in [0.15, 0.2) is 5.65 Å². The minimum Gasteiger partial charge on any atom is -0.495 e. The Balaban J connectivity index is 1.88. The van der Waals surface area contributed by atoms with Crippen LogP contribution in [0.2, 0.25) is 5.02 Å². The van der Waals surface area contributed by atoms with Gasteiger partial charge < -0.3 is 10.1 Å². The van der Waals surface area contributed by atoms with E-state index in [-0.39, 0.29) is 0 Å². The highest BCUT2D eigenvalue weighted by molar-refractivity contribution is 6.32. The Kier molecular flexibility index (Phi) is 3.46. The summed E-state index contributed by atoms with van der Waals surface area (Å²) in [5.41, 5.74) is 2.41. The lowest BCUT2D eigenvalue weighted by molar-refractivity contribution is 0.415. The van der Waals surface area contributed by atoms with E-state index < -0.39 is 0 Å². The molecule has 0 fully saturated rings. The Bertz CT molecular complexity index is 1060. The average Bonchev–Trinajstić information content (AvgIpc) is 2.98. The number of halogens is 1. The van der Waals surface area contributed by atoms with Gasteiger partial charge in [-0.15, -0.1) is 10.2 Å². The number of ether oxygens (including phenoxy) is 1. The van der Waals surface area contributed by atoms with Crippen LogP contribution in [0, 0.1) is 6.92 Å². The fraction of sp³-hybridized carbons (Fsp3) is 0.118. The predicted molar refractivity (Wildman–Crippen MR) is 94.3 cm³/mol. The summed E-state index contributed by atoms with van der Waals surface area (Å²) in [6, 6.07) is 13.3. The van der Waals surface area contributed by atoms with Crippen LogP contribution in [0.1, 0.15) is 5.82 Å². The Morgan fingerprint density at radius 1 is 1.12 bits per heavy atom. The minimum atomic E-state index is 0.528.